The number of fused-ring (bicyclic) bond motifs is 1. The van der Waals surface area contributed by atoms with Gasteiger partial charge >= 0.3 is 6.61 Å². The van der Waals surface area contributed by atoms with Gasteiger partial charge in [0, 0.05) is 18.8 Å². The van der Waals surface area contributed by atoms with Crippen molar-refractivity contribution in [3.8, 4) is 5.75 Å². The second-order valence-electron chi connectivity index (χ2n) is 6.83. The van der Waals surface area contributed by atoms with E-state index in [4.69, 9.17) is 0 Å². The standard InChI is InChI=1S/C21H19F2N5O2/c1-27-9-8-16-10-15(4-7-18(16)27)11-20(29)25-19-12-24-28(26-19)13-14-2-5-17(6-3-14)30-21(22)23/h2-10,12,21H,11,13H2,1H3,(H,25,26,29). The lowest BCUT2D eigenvalue weighted by molar-refractivity contribution is -0.115. The van der Waals surface area contributed by atoms with Gasteiger partial charge in [-0.3, -0.25) is 4.79 Å². The highest BCUT2D eigenvalue weighted by molar-refractivity contribution is 5.92. The van der Waals surface area contributed by atoms with Gasteiger partial charge in [-0.15, -0.1) is 5.10 Å². The Morgan fingerprint density at radius 2 is 1.90 bits per heavy atom. The number of carbonyl (C=O) groups is 1. The second kappa shape index (κ2) is 8.32. The maximum atomic E-state index is 12.3. The predicted molar refractivity (Wildman–Crippen MR) is 107 cm³/mol. The van der Waals surface area contributed by atoms with E-state index in [0.29, 0.717) is 12.4 Å². The molecular weight excluding hydrogens is 392 g/mol. The van der Waals surface area contributed by atoms with Gasteiger partial charge in [0.2, 0.25) is 5.91 Å². The Morgan fingerprint density at radius 1 is 1.13 bits per heavy atom. The van der Waals surface area contributed by atoms with E-state index < -0.39 is 6.61 Å². The fourth-order valence-corrected chi connectivity index (χ4v) is 3.18. The topological polar surface area (TPSA) is 74.0 Å². The van der Waals surface area contributed by atoms with Gasteiger partial charge in [0.25, 0.3) is 0 Å². The van der Waals surface area contributed by atoms with Crippen LogP contribution in [0.2, 0.25) is 0 Å². The summed E-state index contributed by atoms with van der Waals surface area (Å²) in [6.07, 6.45) is 3.67. The lowest BCUT2D eigenvalue weighted by atomic mass is 10.1. The molecule has 30 heavy (non-hydrogen) atoms. The molecule has 4 aromatic rings. The second-order valence-corrected chi connectivity index (χ2v) is 6.83. The number of anilines is 1. The first-order chi connectivity index (χ1) is 14.5. The Hall–Kier alpha value is -3.75. The molecular formula is C21H19F2N5O2. The number of hydrogen-bond donors (Lipinski definition) is 1. The third-order valence-corrected chi connectivity index (χ3v) is 4.59. The molecule has 0 saturated heterocycles. The highest BCUT2D eigenvalue weighted by atomic mass is 19.3. The van der Waals surface area contributed by atoms with E-state index in [1.54, 1.807) is 12.1 Å². The minimum atomic E-state index is -2.86. The van der Waals surface area contributed by atoms with Gasteiger partial charge in [0.05, 0.1) is 19.2 Å². The maximum Gasteiger partial charge on any atom is 0.387 e. The minimum absolute atomic E-state index is 0.0869. The van der Waals surface area contributed by atoms with Crippen molar-refractivity contribution in [2.45, 2.75) is 19.6 Å². The number of aryl methyl sites for hydroxylation is 1. The monoisotopic (exact) mass is 411 g/mol. The smallest absolute Gasteiger partial charge is 0.387 e. The van der Waals surface area contributed by atoms with Crippen molar-refractivity contribution in [1.29, 1.82) is 0 Å². The molecule has 0 aliphatic carbocycles. The fourth-order valence-electron chi connectivity index (χ4n) is 3.18. The van der Waals surface area contributed by atoms with Crippen LogP contribution in [0.3, 0.4) is 0 Å². The van der Waals surface area contributed by atoms with Crippen molar-refractivity contribution in [3.05, 3.63) is 72.1 Å². The SMILES string of the molecule is Cn1ccc2cc(CC(=O)Nc3cnn(Cc4ccc(OC(F)F)cc4)n3)ccc21. The molecule has 0 bridgehead atoms. The summed E-state index contributed by atoms with van der Waals surface area (Å²) in [5, 5.41) is 12.2. The fraction of sp³-hybridized carbons (Fsp3) is 0.190. The van der Waals surface area contributed by atoms with Gasteiger partial charge in [0.1, 0.15) is 5.75 Å². The van der Waals surface area contributed by atoms with Crippen LogP contribution < -0.4 is 10.1 Å². The van der Waals surface area contributed by atoms with Gasteiger partial charge in [-0.05, 0) is 46.8 Å². The molecule has 1 amide bonds. The van der Waals surface area contributed by atoms with Crippen LogP contribution in [0.1, 0.15) is 11.1 Å². The lowest BCUT2D eigenvalue weighted by Crippen LogP contribution is -2.15. The summed E-state index contributed by atoms with van der Waals surface area (Å²) in [5.74, 6) is 0.244. The van der Waals surface area contributed by atoms with E-state index in [1.165, 1.54) is 23.1 Å². The van der Waals surface area contributed by atoms with Crippen LogP contribution in [0.4, 0.5) is 14.6 Å². The quantitative estimate of drug-likeness (QED) is 0.504. The Balaban J connectivity index is 1.34. The number of rotatable bonds is 7. The van der Waals surface area contributed by atoms with E-state index in [2.05, 4.69) is 20.3 Å². The Morgan fingerprint density at radius 3 is 2.67 bits per heavy atom. The first kappa shape index (κ1) is 19.6. The van der Waals surface area contributed by atoms with Crippen molar-refractivity contribution in [2.24, 2.45) is 7.05 Å². The van der Waals surface area contributed by atoms with E-state index in [-0.39, 0.29) is 18.1 Å². The molecule has 0 fully saturated rings. The van der Waals surface area contributed by atoms with E-state index >= 15 is 0 Å². The van der Waals surface area contributed by atoms with Crippen LogP contribution in [0.15, 0.2) is 60.9 Å². The summed E-state index contributed by atoms with van der Waals surface area (Å²) in [4.78, 5) is 13.8. The summed E-state index contributed by atoms with van der Waals surface area (Å²) >= 11 is 0. The van der Waals surface area contributed by atoms with Crippen molar-refractivity contribution in [2.75, 3.05) is 5.32 Å². The number of ether oxygens (including phenoxy) is 1. The number of aromatic nitrogens is 4. The van der Waals surface area contributed by atoms with E-state index in [0.717, 1.165) is 22.0 Å². The minimum Gasteiger partial charge on any atom is -0.435 e. The molecule has 2 heterocycles. The summed E-state index contributed by atoms with van der Waals surface area (Å²) in [6.45, 7) is -2.53. The molecule has 0 unspecified atom stereocenters. The predicted octanol–water partition coefficient (Wildman–Crippen LogP) is 3.60. The average Bonchev–Trinajstić information content (AvgIpc) is 3.29. The molecule has 0 saturated carbocycles. The molecule has 1 N–H and O–H groups in total. The van der Waals surface area contributed by atoms with Crippen molar-refractivity contribution < 1.29 is 18.3 Å². The molecule has 0 spiro atoms. The average molecular weight is 411 g/mol. The number of alkyl halides is 2. The molecule has 2 aromatic heterocycles. The zero-order valence-corrected chi connectivity index (χ0v) is 16.1. The molecule has 0 atom stereocenters. The number of nitrogens with zero attached hydrogens (tertiary/aromatic N) is 4. The summed E-state index contributed by atoms with van der Waals surface area (Å²) in [7, 11) is 1.98. The Labute approximate surface area is 170 Å². The molecule has 4 rings (SSSR count). The first-order valence-corrected chi connectivity index (χ1v) is 9.24. The Kier molecular flexibility index (Phi) is 5.42. The number of carbonyl (C=O) groups excluding carboxylic acids is 1. The van der Waals surface area contributed by atoms with Crippen LogP contribution in [0.25, 0.3) is 10.9 Å². The number of benzene rings is 2. The molecule has 7 nitrogen and oxygen atoms in total. The normalized spacial score (nSPS) is 11.2. The zero-order chi connectivity index (χ0) is 21.1. The van der Waals surface area contributed by atoms with Crippen LogP contribution in [0.5, 0.6) is 5.75 Å². The molecule has 154 valence electrons. The summed E-state index contributed by atoms with van der Waals surface area (Å²) in [5.41, 5.74) is 2.82. The molecule has 0 radical (unpaired) electrons. The molecule has 0 aliphatic rings. The third kappa shape index (κ3) is 4.62. The number of halogens is 2. The van der Waals surface area contributed by atoms with Crippen molar-refractivity contribution >= 4 is 22.6 Å². The third-order valence-electron chi connectivity index (χ3n) is 4.59. The van der Waals surface area contributed by atoms with Gasteiger partial charge in [-0.1, -0.05) is 18.2 Å². The molecule has 9 heteroatoms. The van der Waals surface area contributed by atoms with Crippen LogP contribution in [0, 0.1) is 0 Å². The maximum absolute atomic E-state index is 12.3. The van der Waals surface area contributed by atoms with Crippen LogP contribution in [-0.2, 0) is 24.8 Å². The van der Waals surface area contributed by atoms with Crippen LogP contribution >= 0.6 is 0 Å². The van der Waals surface area contributed by atoms with Crippen LogP contribution in [-0.4, -0.2) is 32.1 Å². The highest BCUT2D eigenvalue weighted by Crippen LogP contribution is 2.18. The molecule has 2 aromatic carbocycles. The lowest BCUT2D eigenvalue weighted by Gasteiger charge is -2.05. The van der Waals surface area contributed by atoms with E-state index in [1.807, 2.05) is 42.1 Å². The van der Waals surface area contributed by atoms with Crippen molar-refractivity contribution in [3.63, 3.8) is 0 Å². The highest BCUT2D eigenvalue weighted by Gasteiger charge is 2.09. The van der Waals surface area contributed by atoms with E-state index in [9.17, 15) is 13.6 Å². The molecule has 0 aliphatic heterocycles. The van der Waals surface area contributed by atoms with Gasteiger partial charge in [0.15, 0.2) is 5.82 Å². The largest absolute Gasteiger partial charge is 0.435 e. The number of amides is 1. The summed E-state index contributed by atoms with van der Waals surface area (Å²) in [6, 6.07) is 14.1. The zero-order valence-electron chi connectivity index (χ0n) is 16.1. The Bertz CT molecular complexity index is 1170. The van der Waals surface area contributed by atoms with Gasteiger partial charge in [-0.25, -0.2) is 0 Å². The van der Waals surface area contributed by atoms with Crippen molar-refractivity contribution in [1.82, 2.24) is 19.6 Å². The van der Waals surface area contributed by atoms with Gasteiger partial charge < -0.3 is 14.6 Å². The van der Waals surface area contributed by atoms with Gasteiger partial charge in [-0.2, -0.15) is 18.7 Å². The summed E-state index contributed by atoms with van der Waals surface area (Å²) < 4.78 is 30.7. The first-order valence-electron chi connectivity index (χ1n) is 9.24. The number of hydrogen-bond acceptors (Lipinski definition) is 4. The number of nitrogens with one attached hydrogen (secondary N) is 1.